The molecule has 160 valence electrons. The molecule has 0 bridgehead atoms. The molecular weight excluding hydrogens is 382 g/mol. The van der Waals surface area contributed by atoms with Gasteiger partial charge in [-0.05, 0) is 31.0 Å². The van der Waals surface area contributed by atoms with Gasteiger partial charge < -0.3 is 19.7 Å². The number of benzene rings is 1. The summed E-state index contributed by atoms with van der Waals surface area (Å²) in [4.78, 5) is 30.2. The Morgan fingerprint density at radius 3 is 2.60 bits per heavy atom. The molecule has 1 atom stereocenters. The largest absolute Gasteiger partial charge is 0.497 e. The number of nitrogens with one attached hydrogen (secondary N) is 1. The van der Waals surface area contributed by atoms with E-state index in [2.05, 4.69) is 11.9 Å². The Bertz CT molecular complexity index is 888. The minimum atomic E-state index is -0.584. The van der Waals surface area contributed by atoms with Crippen molar-refractivity contribution in [1.29, 1.82) is 0 Å². The number of rotatable bonds is 6. The molecule has 2 heterocycles. The highest BCUT2D eigenvalue weighted by atomic mass is 16.5. The smallest absolute Gasteiger partial charge is 0.322 e. The van der Waals surface area contributed by atoms with Gasteiger partial charge in [-0.2, -0.15) is 0 Å². The number of amides is 3. The van der Waals surface area contributed by atoms with Gasteiger partial charge in [0.15, 0.2) is 0 Å². The Morgan fingerprint density at radius 2 is 1.93 bits per heavy atom. The average Bonchev–Trinajstić information content (AvgIpc) is 3.12. The fourth-order valence-electron chi connectivity index (χ4n) is 4.82. The highest BCUT2D eigenvalue weighted by Gasteiger charge is 2.46. The van der Waals surface area contributed by atoms with Crippen molar-refractivity contribution in [3.8, 4) is 11.5 Å². The summed E-state index contributed by atoms with van der Waals surface area (Å²) in [5.41, 5.74) is 2.10. The lowest BCUT2D eigenvalue weighted by Crippen LogP contribution is -2.47. The molecule has 4 rings (SSSR count). The van der Waals surface area contributed by atoms with Crippen molar-refractivity contribution in [2.24, 2.45) is 0 Å². The molecule has 7 nitrogen and oxygen atoms in total. The van der Waals surface area contributed by atoms with Crippen LogP contribution in [0.2, 0.25) is 0 Å². The third-order valence-electron chi connectivity index (χ3n) is 6.32. The minimum absolute atomic E-state index is 0.000773. The van der Waals surface area contributed by atoms with Gasteiger partial charge in [0.1, 0.15) is 11.5 Å². The molecule has 1 unspecified atom stereocenters. The van der Waals surface area contributed by atoms with Gasteiger partial charge in [0.25, 0.3) is 5.91 Å². The van der Waals surface area contributed by atoms with Crippen molar-refractivity contribution < 1.29 is 19.1 Å². The first kappa shape index (κ1) is 20.3. The van der Waals surface area contributed by atoms with Gasteiger partial charge in [0, 0.05) is 18.2 Å². The van der Waals surface area contributed by atoms with Crippen molar-refractivity contribution in [3.63, 3.8) is 0 Å². The van der Waals surface area contributed by atoms with Gasteiger partial charge in [-0.25, -0.2) is 4.79 Å². The van der Waals surface area contributed by atoms with Crippen molar-refractivity contribution in [2.45, 2.75) is 44.2 Å². The van der Waals surface area contributed by atoms with Crippen molar-refractivity contribution >= 4 is 11.9 Å². The van der Waals surface area contributed by atoms with Crippen LogP contribution < -0.4 is 14.8 Å². The monoisotopic (exact) mass is 411 g/mol. The summed E-state index contributed by atoms with van der Waals surface area (Å²) in [5, 5.41) is 3.02. The van der Waals surface area contributed by atoms with E-state index in [9.17, 15) is 9.59 Å². The van der Waals surface area contributed by atoms with Crippen LogP contribution in [-0.4, -0.2) is 55.1 Å². The van der Waals surface area contributed by atoms with Crippen molar-refractivity contribution in [2.75, 3.05) is 27.3 Å². The standard InChI is InChI=1S/C23H29N3O4/c1-4-12-25-18-14-26(15-8-6-5-7-9-15)22(27)20(18)21(24-23(25)28)17-13-16(29-2)10-11-19(17)30-3/h4,10-11,13,15,21H,1,5-9,12,14H2,2-3H3,(H,24,28). The first-order chi connectivity index (χ1) is 14.6. The number of carbonyl (C=O) groups excluding carboxylic acids is 2. The first-order valence-corrected chi connectivity index (χ1v) is 10.5. The van der Waals surface area contributed by atoms with E-state index in [-0.39, 0.29) is 18.0 Å². The Hall–Kier alpha value is -2.96. The second-order valence-electron chi connectivity index (χ2n) is 7.97. The molecule has 1 fully saturated rings. The molecule has 1 aromatic rings. The number of hydrogen-bond acceptors (Lipinski definition) is 4. The first-order valence-electron chi connectivity index (χ1n) is 10.5. The van der Waals surface area contributed by atoms with Gasteiger partial charge >= 0.3 is 6.03 Å². The van der Waals surface area contributed by atoms with Crippen LogP contribution in [0.1, 0.15) is 43.7 Å². The van der Waals surface area contributed by atoms with E-state index >= 15 is 0 Å². The second-order valence-corrected chi connectivity index (χ2v) is 7.97. The highest BCUT2D eigenvalue weighted by molar-refractivity contribution is 6.01. The Labute approximate surface area is 177 Å². The van der Waals surface area contributed by atoms with E-state index in [0.29, 0.717) is 30.2 Å². The predicted octanol–water partition coefficient (Wildman–Crippen LogP) is 3.39. The lowest BCUT2D eigenvalue weighted by Gasteiger charge is -2.33. The molecule has 1 saturated carbocycles. The van der Waals surface area contributed by atoms with E-state index < -0.39 is 6.04 Å². The quantitative estimate of drug-likeness (QED) is 0.729. The normalized spacial score (nSPS) is 22.1. The molecule has 0 aromatic heterocycles. The number of methoxy groups -OCH3 is 2. The summed E-state index contributed by atoms with van der Waals surface area (Å²) < 4.78 is 10.9. The zero-order valence-corrected chi connectivity index (χ0v) is 17.6. The molecule has 1 aliphatic carbocycles. The molecule has 7 heteroatoms. The Balaban J connectivity index is 1.78. The number of urea groups is 1. The van der Waals surface area contributed by atoms with Crippen LogP contribution in [0.5, 0.6) is 11.5 Å². The summed E-state index contributed by atoms with van der Waals surface area (Å²) in [7, 11) is 3.17. The molecule has 0 saturated heterocycles. The fraction of sp³-hybridized carbons (Fsp3) is 0.478. The van der Waals surface area contributed by atoms with Crippen molar-refractivity contribution in [3.05, 3.63) is 47.7 Å². The van der Waals surface area contributed by atoms with Crippen LogP contribution in [-0.2, 0) is 4.79 Å². The van der Waals surface area contributed by atoms with Crippen LogP contribution in [0.4, 0.5) is 4.79 Å². The average molecular weight is 412 g/mol. The Morgan fingerprint density at radius 1 is 1.17 bits per heavy atom. The summed E-state index contributed by atoms with van der Waals surface area (Å²) in [6.45, 7) is 4.60. The third kappa shape index (κ3) is 3.42. The maximum atomic E-state index is 13.6. The summed E-state index contributed by atoms with van der Waals surface area (Å²) >= 11 is 0. The summed E-state index contributed by atoms with van der Waals surface area (Å²) in [6.07, 6.45) is 7.21. The molecule has 2 aliphatic heterocycles. The zero-order chi connectivity index (χ0) is 21.3. The van der Waals surface area contributed by atoms with Crippen LogP contribution in [0.15, 0.2) is 42.1 Å². The molecular formula is C23H29N3O4. The summed E-state index contributed by atoms with van der Waals surface area (Å²) in [6, 6.07) is 4.84. The maximum absolute atomic E-state index is 13.6. The number of carbonyl (C=O) groups is 2. The van der Waals surface area contributed by atoms with Crippen LogP contribution in [0.25, 0.3) is 0 Å². The van der Waals surface area contributed by atoms with Crippen LogP contribution in [0.3, 0.4) is 0 Å². The molecule has 1 aromatic carbocycles. The maximum Gasteiger partial charge on any atom is 0.322 e. The molecule has 30 heavy (non-hydrogen) atoms. The molecule has 3 aliphatic rings. The number of nitrogens with zero attached hydrogens (tertiary/aromatic N) is 2. The third-order valence-corrected chi connectivity index (χ3v) is 6.32. The minimum Gasteiger partial charge on any atom is -0.497 e. The predicted molar refractivity (Wildman–Crippen MR) is 113 cm³/mol. The van der Waals surface area contributed by atoms with E-state index in [1.807, 2.05) is 11.0 Å². The Kier molecular flexibility index (Phi) is 5.70. The van der Waals surface area contributed by atoms with Gasteiger partial charge in [-0.3, -0.25) is 9.69 Å². The topological polar surface area (TPSA) is 71.1 Å². The van der Waals surface area contributed by atoms with E-state index in [0.717, 1.165) is 36.9 Å². The van der Waals surface area contributed by atoms with Crippen LogP contribution in [0, 0.1) is 0 Å². The highest BCUT2D eigenvalue weighted by Crippen LogP contribution is 2.42. The number of hydrogen-bond donors (Lipinski definition) is 1. The zero-order valence-electron chi connectivity index (χ0n) is 17.6. The number of ether oxygens (including phenoxy) is 2. The van der Waals surface area contributed by atoms with E-state index in [1.54, 1.807) is 37.3 Å². The van der Waals surface area contributed by atoms with E-state index in [4.69, 9.17) is 9.47 Å². The van der Waals surface area contributed by atoms with Gasteiger partial charge in [-0.15, -0.1) is 6.58 Å². The molecule has 3 amide bonds. The van der Waals surface area contributed by atoms with Gasteiger partial charge in [-0.1, -0.05) is 25.3 Å². The SMILES string of the molecule is C=CCN1C(=O)NC(c2cc(OC)ccc2OC)C2=C1CN(C1CCCCC1)C2=O. The van der Waals surface area contributed by atoms with Crippen molar-refractivity contribution in [1.82, 2.24) is 15.1 Å². The summed E-state index contributed by atoms with van der Waals surface area (Å²) in [5.74, 6) is 1.25. The fourth-order valence-corrected chi connectivity index (χ4v) is 4.82. The molecule has 0 spiro atoms. The van der Waals surface area contributed by atoms with Crippen LogP contribution >= 0.6 is 0 Å². The lowest BCUT2D eigenvalue weighted by molar-refractivity contribution is -0.128. The second kappa shape index (κ2) is 8.42. The van der Waals surface area contributed by atoms with Gasteiger partial charge in [0.2, 0.25) is 0 Å². The lowest BCUT2D eigenvalue weighted by atomic mass is 9.93. The van der Waals surface area contributed by atoms with Gasteiger partial charge in [0.05, 0.1) is 38.1 Å². The molecule has 1 N–H and O–H groups in total. The van der Waals surface area contributed by atoms with E-state index in [1.165, 1.54) is 6.42 Å². The molecule has 0 radical (unpaired) electrons.